The number of para-hydroxylation sites is 1. The largest absolute Gasteiger partial charge is 0.481 e. The Morgan fingerprint density at radius 1 is 1.36 bits per heavy atom. The highest BCUT2D eigenvalue weighted by atomic mass is 19.1. The third kappa shape index (κ3) is 3.16. The van der Waals surface area contributed by atoms with Gasteiger partial charge in [-0.15, -0.1) is 0 Å². The van der Waals surface area contributed by atoms with Gasteiger partial charge in [-0.1, -0.05) is 12.1 Å². The molecule has 1 aliphatic heterocycles. The van der Waals surface area contributed by atoms with Crippen LogP contribution in [0, 0.1) is 5.92 Å². The lowest BCUT2D eigenvalue weighted by Gasteiger charge is -2.32. The fraction of sp³-hybridized carbons (Fsp3) is 0.562. The molecule has 0 bridgehead atoms. The van der Waals surface area contributed by atoms with E-state index in [-0.39, 0.29) is 13.3 Å². The van der Waals surface area contributed by atoms with Crippen molar-refractivity contribution in [3.8, 4) is 11.5 Å². The van der Waals surface area contributed by atoms with Crippen molar-refractivity contribution in [3.05, 3.63) is 23.8 Å². The van der Waals surface area contributed by atoms with E-state index < -0.39 is 17.6 Å². The van der Waals surface area contributed by atoms with E-state index in [0.717, 1.165) is 17.1 Å². The number of hydrogen-bond acceptors (Lipinski definition) is 4. The van der Waals surface area contributed by atoms with Gasteiger partial charge in [0.15, 0.2) is 11.5 Å². The molecule has 2 aliphatic rings. The molecule has 22 heavy (non-hydrogen) atoms. The molecule has 1 aromatic carbocycles. The van der Waals surface area contributed by atoms with Crippen LogP contribution in [0.4, 0.5) is 4.39 Å². The Morgan fingerprint density at radius 3 is 2.86 bits per heavy atom. The normalized spacial score (nSPS) is 26.9. The first-order valence-electron chi connectivity index (χ1n) is 7.57. The zero-order valence-electron chi connectivity index (χ0n) is 12.3. The molecule has 0 amide bonds. The molecule has 0 atom stereocenters. The standard InChI is InChI=1S/C16H20FNO4/c17-16(6-4-11(5-7-16)15(19)20)9-18-8-12-2-1-3-13-14(12)22-10-21-13/h1-3,11,18H,4-10H2,(H,19,20). The number of hydrogen-bond donors (Lipinski definition) is 2. The summed E-state index contributed by atoms with van der Waals surface area (Å²) < 4.78 is 25.4. The molecule has 0 unspecified atom stereocenters. The van der Waals surface area contributed by atoms with Crippen LogP contribution in [0.1, 0.15) is 31.2 Å². The monoisotopic (exact) mass is 309 g/mol. The Labute approximate surface area is 128 Å². The molecule has 1 saturated carbocycles. The topological polar surface area (TPSA) is 67.8 Å². The summed E-state index contributed by atoms with van der Waals surface area (Å²) >= 11 is 0. The lowest BCUT2D eigenvalue weighted by molar-refractivity contribution is -0.143. The van der Waals surface area contributed by atoms with Gasteiger partial charge in [0, 0.05) is 18.7 Å². The number of carbonyl (C=O) groups is 1. The molecule has 3 rings (SSSR count). The van der Waals surface area contributed by atoms with Crippen molar-refractivity contribution >= 4 is 5.97 Å². The summed E-state index contributed by atoms with van der Waals surface area (Å²) in [5, 5.41) is 12.1. The molecule has 2 N–H and O–H groups in total. The Morgan fingerprint density at radius 2 is 2.14 bits per heavy atom. The zero-order chi connectivity index (χ0) is 15.6. The Bertz CT molecular complexity index is 555. The van der Waals surface area contributed by atoms with Gasteiger partial charge in [-0.2, -0.15) is 0 Å². The predicted octanol–water partition coefficient (Wildman–Crippen LogP) is 2.49. The van der Waals surface area contributed by atoms with Gasteiger partial charge in [-0.25, -0.2) is 4.39 Å². The predicted molar refractivity (Wildman–Crippen MR) is 77.7 cm³/mol. The third-order valence-electron chi connectivity index (χ3n) is 4.47. The van der Waals surface area contributed by atoms with E-state index in [2.05, 4.69) is 5.32 Å². The minimum absolute atomic E-state index is 0.218. The van der Waals surface area contributed by atoms with E-state index in [9.17, 15) is 9.18 Å². The van der Waals surface area contributed by atoms with Crippen molar-refractivity contribution in [1.82, 2.24) is 5.32 Å². The van der Waals surface area contributed by atoms with Crippen molar-refractivity contribution in [1.29, 1.82) is 0 Å². The molecule has 120 valence electrons. The summed E-state index contributed by atoms with van der Waals surface area (Å²) in [5.74, 6) is 0.229. The average molecular weight is 309 g/mol. The van der Waals surface area contributed by atoms with Gasteiger partial charge in [0.05, 0.1) is 5.92 Å². The van der Waals surface area contributed by atoms with Gasteiger partial charge in [0.1, 0.15) is 5.67 Å². The van der Waals surface area contributed by atoms with Crippen LogP contribution in [-0.4, -0.2) is 30.1 Å². The molecule has 1 aliphatic carbocycles. The number of nitrogens with one attached hydrogen (secondary N) is 1. The maximum absolute atomic E-state index is 14.7. The van der Waals surface area contributed by atoms with Crippen molar-refractivity contribution < 1.29 is 23.8 Å². The van der Waals surface area contributed by atoms with Crippen LogP contribution in [0.3, 0.4) is 0 Å². The van der Waals surface area contributed by atoms with Gasteiger partial charge in [-0.05, 0) is 31.7 Å². The Hall–Kier alpha value is -1.82. The summed E-state index contributed by atoms with van der Waals surface area (Å²) in [4.78, 5) is 10.9. The number of benzene rings is 1. The zero-order valence-corrected chi connectivity index (χ0v) is 12.3. The number of fused-ring (bicyclic) bond motifs is 1. The molecule has 1 aromatic rings. The maximum Gasteiger partial charge on any atom is 0.306 e. The maximum atomic E-state index is 14.7. The van der Waals surface area contributed by atoms with Gasteiger partial charge < -0.3 is 19.9 Å². The fourth-order valence-electron chi connectivity index (χ4n) is 3.11. The fourth-order valence-corrected chi connectivity index (χ4v) is 3.11. The molecule has 0 saturated heterocycles. The third-order valence-corrected chi connectivity index (χ3v) is 4.47. The van der Waals surface area contributed by atoms with Gasteiger partial charge >= 0.3 is 5.97 Å². The van der Waals surface area contributed by atoms with Crippen molar-refractivity contribution in [3.63, 3.8) is 0 Å². The van der Waals surface area contributed by atoms with Gasteiger partial charge in [0.2, 0.25) is 6.79 Å². The smallest absolute Gasteiger partial charge is 0.306 e. The first kappa shape index (κ1) is 15.1. The molecule has 0 radical (unpaired) electrons. The molecule has 1 fully saturated rings. The Balaban J connectivity index is 1.51. The van der Waals surface area contributed by atoms with Crippen molar-refractivity contribution in [2.75, 3.05) is 13.3 Å². The van der Waals surface area contributed by atoms with Gasteiger partial charge in [0.25, 0.3) is 0 Å². The van der Waals surface area contributed by atoms with Gasteiger partial charge in [-0.3, -0.25) is 4.79 Å². The van der Waals surface area contributed by atoms with Crippen LogP contribution >= 0.6 is 0 Å². The number of rotatable bonds is 5. The first-order valence-corrected chi connectivity index (χ1v) is 7.57. The van der Waals surface area contributed by atoms with E-state index in [1.165, 1.54) is 0 Å². The molecular weight excluding hydrogens is 289 g/mol. The van der Waals surface area contributed by atoms with E-state index >= 15 is 0 Å². The SMILES string of the molecule is O=C(O)C1CCC(F)(CNCc2cccc3c2OCO3)CC1. The van der Waals surface area contributed by atoms with Crippen LogP contribution < -0.4 is 14.8 Å². The summed E-state index contributed by atoms with van der Waals surface area (Å²) in [7, 11) is 0. The van der Waals surface area contributed by atoms with E-state index in [4.69, 9.17) is 14.6 Å². The lowest BCUT2D eigenvalue weighted by Crippen LogP contribution is -2.40. The number of halogens is 1. The molecule has 1 heterocycles. The molecule has 5 nitrogen and oxygen atoms in total. The van der Waals surface area contributed by atoms with E-state index in [1.807, 2.05) is 18.2 Å². The summed E-state index contributed by atoms with van der Waals surface area (Å²) in [6.07, 6.45) is 1.41. The molecule has 0 aromatic heterocycles. The molecular formula is C16H20FNO4. The second kappa shape index (κ2) is 6.12. The van der Waals surface area contributed by atoms with E-state index in [0.29, 0.717) is 32.2 Å². The highest BCUT2D eigenvalue weighted by Crippen LogP contribution is 2.36. The highest BCUT2D eigenvalue weighted by Gasteiger charge is 2.37. The molecule has 0 spiro atoms. The number of carboxylic acid groups (broad SMARTS) is 1. The quantitative estimate of drug-likeness (QED) is 0.874. The Kier molecular flexibility index (Phi) is 4.20. The summed E-state index contributed by atoms with van der Waals surface area (Å²) in [6.45, 7) is 0.945. The highest BCUT2D eigenvalue weighted by molar-refractivity contribution is 5.70. The number of aliphatic carboxylic acids is 1. The number of carboxylic acids is 1. The van der Waals surface area contributed by atoms with Crippen LogP contribution in [0.5, 0.6) is 11.5 Å². The van der Waals surface area contributed by atoms with Crippen LogP contribution in [0.25, 0.3) is 0 Å². The van der Waals surface area contributed by atoms with Crippen molar-refractivity contribution in [2.45, 2.75) is 37.9 Å². The van der Waals surface area contributed by atoms with Crippen LogP contribution in [0.15, 0.2) is 18.2 Å². The second-order valence-electron chi connectivity index (χ2n) is 6.02. The molecule has 6 heteroatoms. The van der Waals surface area contributed by atoms with Crippen LogP contribution in [0.2, 0.25) is 0 Å². The first-order chi connectivity index (χ1) is 10.6. The number of ether oxygens (including phenoxy) is 2. The summed E-state index contributed by atoms with van der Waals surface area (Å²) in [5.41, 5.74) is -0.376. The van der Waals surface area contributed by atoms with Crippen molar-refractivity contribution in [2.24, 2.45) is 5.92 Å². The number of alkyl halides is 1. The van der Waals surface area contributed by atoms with Crippen LogP contribution in [-0.2, 0) is 11.3 Å². The second-order valence-corrected chi connectivity index (χ2v) is 6.02. The van der Waals surface area contributed by atoms with E-state index in [1.54, 1.807) is 0 Å². The minimum Gasteiger partial charge on any atom is -0.481 e. The minimum atomic E-state index is -1.32. The summed E-state index contributed by atoms with van der Waals surface area (Å²) in [6, 6.07) is 5.65. The average Bonchev–Trinajstić information content (AvgIpc) is 2.97. The lowest BCUT2D eigenvalue weighted by atomic mass is 9.80.